The van der Waals surface area contributed by atoms with Crippen molar-refractivity contribution in [2.75, 3.05) is 12.8 Å². The zero-order chi connectivity index (χ0) is 9.26. The predicted molar refractivity (Wildman–Crippen MR) is 53.1 cm³/mol. The Kier molecular flexibility index (Phi) is 2.19. The Morgan fingerprint density at radius 2 is 2.38 bits per heavy atom. The average Bonchev–Trinajstić information content (AvgIpc) is 2.91. The smallest absolute Gasteiger partial charge is 0.127 e. The van der Waals surface area contributed by atoms with E-state index in [1.54, 1.807) is 6.20 Å². The Balaban J connectivity index is 2.03. The molecule has 1 aromatic rings. The van der Waals surface area contributed by atoms with Crippen molar-refractivity contribution < 1.29 is 0 Å². The van der Waals surface area contributed by atoms with Gasteiger partial charge in [0.2, 0.25) is 0 Å². The molecule has 0 unspecified atom stereocenters. The lowest BCUT2D eigenvalue weighted by atomic mass is 10.2. The molecule has 13 heavy (non-hydrogen) atoms. The van der Waals surface area contributed by atoms with Crippen LogP contribution in [-0.4, -0.2) is 23.0 Å². The van der Waals surface area contributed by atoms with Crippen LogP contribution >= 0.6 is 0 Å². The van der Waals surface area contributed by atoms with E-state index < -0.39 is 0 Å². The Labute approximate surface area is 78.6 Å². The van der Waals surface area contributed by atoms with Crippen LogP contribution in [0.2, 0.25) is 0 Å². The maximum Gasteiger partial charge on any atom is 0.127 e. The van der Waals surface area contributed by atoms with E-state index in [2.05, 4.69) is 16.9 Å². The number of anilines is 1. The highest BCUT2D eigenvalue weighted by Gasteiger charge is 2.26. The summed E-state index contributed by atoms with van der Waals surface area (Å²) >= 11 is 0. The van der Waals surface area contributed by atoms with Crippen LogP contribution in [0.5, 0.6) is 0 Å². The van der Waals surface area contributed by atoms with Crippen molar-refractivity contribution in [1.82, 2.24) is 9.88 Å². The molecule has 0 aliphatic heterocycles. The van der Waals surface area contributed by atoms with Crippen molar-refractivity contribution in [3.63, 3.8) is 0 Å². The van der Waals surface area contributed by atoms with Gasteiger partial charge in [-0.2, -0.15) is 0 Å². The lowest BCUT2D eigenvalue weighted by Gasteiger charge is -2.16. The molecule has 1 saturated carbocycles. The predicted octanol–water partition coefficient (Wildman–Crippen LogP) is 1.26. The summed E-state index contributed by atoms with van der Waals surface area (Å²) in [6.07, 6.45) is 4.39. The van der Waals surface area contributed by atoms with E-state index >= 15 is 0 Å². The van der Waals surface area contributed by atoms with Crippen LogP contribution < -0.4 is 5.73 Å². The largest absolute Gasteiger partial charge is 0.383 e. The van der Waals surface area contributed by atoms with Crippen molar-refractivity contribution >= 4 is 5.82 Å². The molecule has 1 fully saturated rings. The Morgan fingerprint density at radius 1 is 1.62 bits per heavy atom. The third-order valence-corrected chi connectivity index (χ3v) is 2.52. The average molecular weight is 177 g/mol. The molecule has 70 valence electrons. The van der Waals surface area contributed by atoms with Gasteiger partial charge in [-0.15, -0.1) is 0 Å². The number of aromatic nitrogens is 1. The first-order valence-corrected chi connectivity index (χ1v) is 4.67. The highest BCUT2D eigenvalue weighted by atomic mass is 15.2. The standard InChI is InChI=1S/C10H15N3/c1-13(9-4-5-9)7-8-3-2-6-12-10(8)11/h2-3,6,9H,4-5,7H2,1H3,(H2,11,12). The fourth-order valence-corrected chi connectivity index (χ4v) is 1.50. The molecule has 1 aliphatic rings. The lowest BCUT2D eigenvalue weighted by Crippen LogP contribution is -2.20. The molecule has 1 heterocycles. The Bertz CT molecular complexity index is 294. The second kappa shape index (κ2) is 3.34. The van der Waals surface area contributed by atoms with Gasteiger partial charge in [-0.3, -0.25) is 4.90 Å². The second-order valence-electron chi connectivity index (χ2n) is 3.69. The van der Waals surface area contributed by atoms with Crippen molar-refractivity contribution in [1.29, 1.82) is 0 Å². The first-order chi connectivity index (χ1) is 6.27. The summed E-state index contributed by atoms with van der Waals surface area (Å²) < 4.78 is 0. The van der Waals surface area contributed by atoms with Gasteiger partial charge in [0.15, 0.2) is 0 Å². The third-order valence-electron chi connectivity index (χ3n) is 2.52. The first-order valence-electron chi connectivity index (χ1n) is 4.67. The van der Waals surface area contributed by atoms with Crippen molar-refractivity contribution in [2.45, 2.75) is 25.4 Å². The van der Waals surface area contributed by atoms with Crippen molar-refractivity contribution in [3.8, 4) is 0 Å². The Hall–Kier alpha value is -1.09. The third kappa shape index (κ3) is 1.98. The first kappa shape index (κ1) is 8.51. The molecule has 1 aromatic heterocycles. The normalized spacial score (nSPS) is 16.5. The molecular formula is C10H15N3. The van der Waals surface area contributed by atoms with Crippen LogP contribution in [0.4, 0.5) is 5.82 Å². The lowest BCUT2D eigenvalue weighted by molar-refractivity contribution is 0.316. The van der Waals surface area contributed by atoms with E-state index in [4.69, 9.17) is 5.73 Å². The van der Waals surface area contributed by atoms with Crippen LogP contribution in [0.25, 0.3) is 0 Å². The number of pyridine rings is 1. The topological polar surface area (TPSA) is 42.2 Å². The molecule has 2 rings (SSSR count). The fourth-order valence-electron chi connectivity index (χ4n) is 1.50. The van der Waals surface area contributed by atoms with E-state index in [0.717, 1.165) is 18.2 Å². The second-order valence-corrected chi connectivity index (χ2v) is 3.69. The number of nitrogen functional groups attached to an aromatic ring is 1. The SMILES string of the molecule is CN(Cc1cccnc1N)C1CC1. The number of nitrogens with two attached hydrogens (primary N) is 1. The molecule has 0 spiro atoms. The molecule has 0 radical (unpaired) electrons. The van der Waals surface area contributed by atoms with Crippen LogP contribution in [0, 0.1) is 0 Å². The van der Waals surface area contributed by atoms with Gasteiger partial charge < -0.3 is 5.73 Å². The molecule has 3 heteroatoms. The number of hydrogen-bond acceptors (Lipinski definition) is 3. The van der Waals surface area contributed by atoms with Gasteiger partial charge in [0.1, 0.15) is 5.82 Å². The fraction of sp³-hybridized carbons (Fsp3) is 0.500. The molecule has 0 amide bonds. The van der Waals surface area contributed by atoms with E-state index in [9.17, 15) is 0 Å². The minimum absolute atomic E-state index is 0.662. The van der Waals surface area contributed by atoms with Crippen LogP contribution in [0.15, 0.2) is 18.3 Å². The number of nitrogens with zero attached hydrogens (tertiary/aromatic N) is 2. The monoisotopic (exact) mass is 177 g/mol. The zero-order valence-electron chi connectivity index (χ0n) is 7.90. The summed E-state index contributed by atoms with van der Waals surface area (Å²) in [6, 6.07) is 4.76. The Morgan fingerprint density at radius 3 is 3.00 bits per heavy atom. The van der Waals surface area contributed by atoms with Gasteiger partial charge in [-0.1, -0.05) is 6.07 Å². The quantitative estimate of drug-likeness (QED) is 0.755. The number of rotatable bonds is 3. The van der Waals surface area contributed by atoms with Gasteiger partial charge in [0.25, 0.3) is 0 Å². The van der Waals surface area contributed by atoms with E-state index in [1.807, 2.05) is 12.1 Å². The molecule has 0 bridgehead atoms. The summed E-state index contributed by atoms with van der Waals surface area (Å²) in [7, 11) is 2.14. The van der Waals surface area contributed by atoms with Gasteiger partial charge in [-0.25, -0.2) is 4.98 Å². The summed E-state index contributed by atoms with van der Waals surface area (Å²) in [5.74, 6) is 0.662. The van der Waals surface area contributed by atoms with Gasteiger partial charge in [-0.05, 0) is 26.0 Å². The molecular weight excluding hydrogens is 162 g/mol. The molecule has 1 aliphatic carbocycles. The molecule has 2 N–H and O–H groups in total. The van der Waals surface area contributed by atoms with Crippen LogP contribution in [-0.2, 0) is 6.54 Å². The maximum atomic E-state index is 5.75. The summed E-state index contributed by atoms with van der Waals surface area (Å²) in [6.45, 7) is 0.921. The molecule has 0 atom stereocenters. The summed E-state index contributed by atoms with van der Waals surface area (Å²) in [5, 5.41) is 0. The van der Waals surface area contributed by atoms with E-state index in [0.29, 0.717) is 5.82 Å². The van der Waals surface area contributed by atoms with Gasteiger partial charge in [0, 0.05) is 24.3 Å². The molecule has 3 nitrogen and oxygen atoms in total. The minimum Gasteiger partial charge on any atom is -0.383 e. The highest BCUT2D eigenvalue weighted by molar-refractivity contribution is 5.38. The zero-order valence-corrected chi connectivity index (χ0v) is 7.90. The van der Waals surface area contributed by atoms with E-state index in [1.165, 1.54) is 12.8 Å². The van der Waals surface area contributed by atoms with Crippen molar-refractivity contribution in [3.05, 3.63) is 23.9 Å². The number of hydrogen-bond donors (Lipinski definition) is 1. The van der Waals surface area contributed by atoms with Gasteiger partial charge in [0.05, 0.1) is 0 Å². The summed E-state index contributed by atoms with van der Waals surface area (Å²) in [4.78, 5) is 6.40. The highest BCUT2D eigenvalue weighted by Crippen LogP contribution is 2.27. The van der Waals surface area contributed by atoms with E-state index in [-0.39, 0.29) is 0 Å². The van der Waals surface area contributed by atoms with Crippen LogP contribution in [0.3, 0.4) is 0 Å². The summed E-state index contributed by atoms with van der Waals surface area (Å²) in [5.41, 5.74) is 6.89. The van der Waals surface area contributed by atoms with Crippen molar-refractivity contribution in [2.24, 2.45) is 0 Å². The van der Waals surface area contributed by atoms with Crippen LogP contribution in [0.1, 0.15) is 18.4 Å². The maximum absolute atomic E-state index is 5.75. The van der Waals surface area contributed by atoms with Gasteiger partial charge >= 0.3 is 0 Å². The molecule has 0 saturated heterocycles. The minimum atomic E-state index is 0.662. The molecule has 0 aromatic carbocycles.